The molecule has 0 aliphatic carbocycles. The molecule has 12 heteroatoms. The van der Waals surface area contributed by atoms with Crippen LogP contribution in [0.1, 0.15) is 0 Å². The normalized spacial score (nSPS) is 11.3. The minimum Gasteiger partial charge on any atom is -0.480 e. The number of nitrogens with zero attached hydrogens (tertiary/aromatic N) is 4. The summed E-state index contributed by atoms with van der Waals surface area (Å²) in [5, 5.41) is 12.0. The largest absolute Gasteiger partial charge is 0.480 e. The van der Waals surface area contributed by atoms with Gasteiger partial charge >= 0.3 is 5.97 Å². The molecule has 112 valence electrons. The average Bonchev–Trinajstić information content (AvgIpc) is 2.74. The van der Waals surface area contributed by atoms with E-state index in [2.05, 4.69) is 19.8 Å². The van der Waals surface area contributed by atoms with Gasteiger partial charge in [0.15, 0.2) is 0 Å². The van der Waals surface area contributed by atoms with Crippen LogP contribution in [0, 0.1) is 0 Å². The molecule has 2 N–H and O–H groups in total. The molecule has 0 radical (unpaired) electrons. The molecule has 9 nitrogen and oxygen atoms in total. The molecule has 0 atom stereocenters. The molecule has 0 saturated heterocycles. The van der Waals surface area contributed by atoms with E-state index < -0.39 is 22.5 Å². The number of nitrogens with one attached hydrogen (secondary N) is 1. The smallest absolute Gasteiger partial charge is 0.325 e. The maximum atomic E-state index is 12.1. The Labute approximate surface area is 128 Å². The van der Waals surface area contributed by atoms with Crippen molar-refractivity contribution in [2.45, 2.75) is 11.4 Å². The number of carbonyl (C=O) groups is 1. The molecule has 0 fully saturated rings. The third-order valence-electron chi connectivity index (χ3n) is 2.12. The van der Waals surface area contributed by atoms with E-state index in [0.717, 1.165) is 17.1 Å². The molecule has 0 aromatic carbocycles. The number of rotatable bonds is 5. The van der Waals surface area contributed by atoms with Gasteiger partial charge in [0.25, 0.3) is 10.0 Å². The van der Waals surface area contributed by atoms with Crippen LogP contribution in [0.25, 0.3) is 0 Å². The van der Waals surface area contributed by atoms with Crippen molar-refractivity contribution in [2.75, 3.05) is 4.72 Å². The van der Waals surface area contributed by atoms with E-state index in [0.29, 0.717) is 0 Å². The van der Waals surface area contributed by atoms with E-state index in [9.17, 15) is 13.2 Å². The summed E-state index contributed by atoms with van der Waals surface area (Å²) in [6.07, 6.45) is 2.08. The van der Waals surface area contributed by atoms with Crippen LogP contribution >= 0.6 is 23.2 Å². The van der Waals surface area contributed by atoms with Gasteiger partial charge in [-0.2, -0.15) is 10.1 Å². The fourth-order valence-corrected chi connectivity index (χ4v) is 2.70. The van der Waals surface area contributed by atoms with Crippen molar-refractivity contribution >= 4 is 45.0 Å². The zero-order chi connectivity index (χ0) is 15.6. The lowest BCUT2D eigenvalue weighted by Crippen LogP contribution is -2.14. The first-order valence-corrected chi connectivity index (χ1v) is 7.47. The SMILES string of the molecule is O=C(O)Cn1cc(S(=O)(=O)Nc2cc(Cl)nc(Cl)n2)cn1. The molecule has 0 saturated carbocycles. The van der Waals surface area contributed by atoms with Gasteiger partial charge in [-0.3, -0.25) is 14.2 Å². The summed E-state index contributed by atoms with van der Waals surface area (Å²) in [5.74, 6) is -1.27. The fourth-order valence-electron chi connectivity index (χ4n) is 1.35. The molecule has 2 aromatic rings. The minimum atomic E-state index is -4.00. The molecule has 2 aromatic heterocycles. The highest BCUT2D eigenvalue weighted by molar-refractivity contribution is 7.92. The number of hydrogen-bond donors (Lipinski definition) is 2. The lowest BCUT2D eigenvalue weighted by atomic mass is 10.6. The predicted molar refractivity (Wildman–Crippen MR) is 72.7 cm³/mol. The summed E-state index contributed by atoms with van der Waals surface area (Å²) >= 11 is 11.2. The minimum absolute atomic E-state index is 0.0331. The number of halogens is 2. The number of carboxylic acids is 1. The van der Waals surface area contributed by atoms with Crippen LogP contribution in [-0.2, 0) is 21.4 Å². The zero-order valence-electron chi connectivity index (χ0n) is 10.1. The van der Waals surface area contributed by atoms with E-state index in [-0.39, 0.29) is 21.2 Å². The van der Waals surface area contributed by atoms with Gasteiger partial charge in [-0.15, -0.1) is 0 Å². The van der Waals surface area contributed by atoms with Gasteiger partial charge < -0.3 is 5.11 Å². The molecular weight excluding hydrogens is 345 g/mol. The summed E-state index contributed by atoms with van der Waals surface area (Å²) in [4.78, 5) is 17.5. The molecule has 21 heavy (non-hydrogen) atoms. The summed E-state index contributed by atoms with van der Waals surface area (Å²) in [6, 6.07) is 1.17. The second kappa shape index (κ2) is 5.84. The van der Waals surface area contributed by atoms with Gasteiger partial charge in [-0.1, -0.05) is 11.6 Å². The highest BCUT2D eigenvalue weighted by atomic mass is 35.5. The van der Waals surface area contributed by atoms with Gasteiger partial charge in [0, 0.05) is 12.3 Å². The molecule has 0 bridgehead atoms. The Bertz CT molecular complexity index is 771. The van der Waals surface area contributed by atoms with Crippen molar-refractivity contribution in [2.24, 2.45) is 0 Å². The van der Waals surface area contributed by atoms with Crippen LogP contribution in [0.4, 0.5) is 5.82 Å². The van der Waals surface area contributed by atoms with Crippen LogP contribution in [0.15, 0.2) is 23.4 Å². The molecule has 0 unspecified atom stereocenters. The second-order valence-corrected chi connectivity index (χ2v) is 6.13. The Hall–Kier alpha value is -1.91. The molecule has 0 spiro atoms. The first-order chi connectivity index (χ1) is 9.76. The van der Waals surface area contributed by atoms with Crippen LogP contribution in [0.5, 0.6) is 0 Å². The Kier molecular flexibility index (Phi) is 4.30. The van der Waals surface area contributed by atoms with E-state index in [1.807, 2.05) is 0 Å². The van der Waals surface area contributed by atoms with Gasteiger partial charge in [0.05, 0.1) is 6.20 Å². The van der Waals surface area contributed by atoms with Crippen molar-refractivity contribution in [3.05, 3.63) is 28.9 Å². The Morgan fingerprint density at radius 1 is 1.38 bits per heavy atom. The predicted octanol–water partition coefficient (Wildman–Crippen LogP) is 0.865. The summed E-state index contributed by atoms with van der Waals surface area (Å²) in [5.41, 5.74) is 0. The monoisotopic (exact) mass is 351 g/mol. The number of carboxylic acid groups (broad SMARTS) is 1. The van der Waals surface area contributed by atoms with Gasteiger partial charge in [0.2, 0.25) is 5.28 Å². The first-order valence-electron chi connectivity index (χ1n) is 5.23. The van der Waals surface area contributed by atoms with Crippen molar-refractivity contribution in [1.82, 2.24) is 19.7 Å². The van der Waals surface area contributed by atoms with E-state index in [1.54, 1.807) is 0 Å². The maximum absolute atomic E-state index is 12.1. The zero-order valence-corrected chi connectivity index (χ0v) is 12.4. The van der Waals surface area contributed by atoms with Crippen LogP contribution in [0.3, 0.4) is 0 Å². The number of hydrogen-bond acceptors (Lipinski definition) is 6. The molecule has 0 aliphatic heterocycles. The maximum Gasteiger partial charge on any atom is 0.325 e. The van der Waals surface area contributed by atoms with E-state index >= 15 is 0 Å². The van der Waals surface area contributed by atoms with E-state index in [4.69, 9.17) is 28.3 Å². The molecular formula is C9H7Cl2N5O4S. The summed E-state index contributed by atoms with van der Waals surface area (Å²) < 4.78 is 27.2. The highest BCUT2D eigenvalue weighted by Gasteiger charge is 2.18. The standard InChI is InChI=1S/C9H7Cl2N5O4S/c10-6-1-7(14-9(11)13-6)15-21(19,20)5-2-12-16(3-5)4-8(17)18/h1-3H,4H2,(H,17,18)(H,13,14,15). The lowest BCUT2D eigenvalue weighted by Gasteiger charge is -2.05. The Balaban J connectivity index is 2.25. The molecule has 2 heterocycles. The second-order valence-electron chi connectivity index (χ2n) is 3.72. The molecule has 0 amide bonds. The third-order valence-corrected chi connectivity index (χ3v) is 3.80. The third kappa shape index (κ3) is 4.03. The number of sulfonamides is 1. The summed E-state index contributed by atoms with van der Waals surface area (Å²) in [6.45, 7) is -0.458. The van der Waals surface area contributed by atoms with Gasteiger partial charge in [-0.25, -0.2) is 13.4 Å². The van der Waals surface area contributed by atoms with Gasteiger partial charge in [-0.05, 0) is 11.6 Å². The van der Waals surface area contributed by atoms with Crippen molar-refractivity contribution in [3.8, 4) is 0 Å². The topological polar surface area (TPSA) is 127 Å². The number of aliphatic carboxylic acids is 1. The van der Waals surface area contributed by atoms with Crippen LogP contribution in [0.2, 0.25) is 10.4 Å². The van der Waals surface area contributed by atoms with Gasteiger partial charge in [0.1, 0.15) is 22.4 Å². The summed E-state index contributed by atoms with van der Waals surface area (Å²) in [7, 11) is -4.00. The van der Waals surface area contributed by atoms with Crippen molar-refractivity contribution in [1.29, 1.82) is 0 Å². The van der Waals surface area contributed by atoms with Crippen LogP contribution in [-0.4, -0.2) is 39.2 Å². The Morgan fingerprint density at radius 2 is 2.10 bits per heavy atom. The van der Waals surface area contributed by atoms with Crippen LogP contribution < -0.4 is 4.72 Å². The van der Waals surface area contributed by atoms with Crippen molar-refractivity contribution in [3.63, 3.8) is 0 Å². The van der Waals surface area contributed by atoms with E-state index in [1.165, 1.54) is 6.07 Å². The average molecular weight is 352 g/mol. The molecule has 0 aliphatic rings. The Morgan fingerprint density at radius 3 is 2.71 bits per heavy atom. The molecule has 2 rings (SSSR count). The highest BCUT2D eigenvalue weighted by Crippen LogP contribution is 2.18. The number of aromatic nitrogens is 4. The first kappa shape index (κ1) is 15.5. The fraction of sp³-hybridized carbons (Fsp3) is 0.111. The quantitative estimate of drug-likeness (QED) is 0.604. The van der Waals surface area contributed by atoms with Crippen molar-refractivity contribution < 1.29 is 18.3 Å². The number of anilines is 1. The lowest BCUT2D eigenvalue weighted by molar-refractivity contribution is -0.137.